The van der Waals surface area contributed by atoms with Gasteiger partial charge in [-0.05, 0) is 35.9 Å². The van der Waals surface area contributed by atoms with Crippen LogP contribution in [0.25, 0.3) is 16.8 Å². The van der Waals surface area contributed by atoms with Gasteiger partial charge in [-0.25, -0.2) is 9.78 Å². The summed E-state index contributed by atoms with van der Waals surface area (Å²) in [7, 11) is 1.44. The number of Topliss-reactive ketones (excluding diaryl/α,β-unsaturated/α-hetero) is 1. The van der Waals surface area contributed by atoms with Gasteiger partial charge in [0.2, 0.25) is 5.95 Å². The Labute approximate surface area is 213 Å². The fourth-order valence-electron chi connectivity index (χ4n) is 4.34. The molecule has 12 nitrogen and oxygen atoms in total. The van der Waals surface area contributed by atoms with Crippen molar-refractivity contribution in [2.45, 2.75) is 6.04 Å². The second-order valence-electron chi connectivity index (χ2n) is 8.35. The van der Waals surface area contributed by atoms with Crippen molar-refractivity contribution in [3.63, 3.8) is 0 Å². The number of carbonyl (C=O) groups excluding carboxylic acids is 2. The number of carbonyl (C=O) groups is 3. The van der Waals surface area contributed by atoms with Crippen molar-refractivity contribution < 1.29 is 34.3 Å². The molecule has 3 N–H and O–H groups in total. The molecule has 4 aromatic rings. The van der Waals surface area contributed by atoms with Crippen LogP contribution in [0.2, 0.25) is 0 Å². The van der Waals surface area contributed by atoms with E-state index in [9.17, 15) is 34.7 Å². The molecule has 1 saturated heterocycles. The number of carboxylic acid groups (broad SMARTS) is 1. The number of ketones is 1. The Morgan fingerprint density at radius 2 is 1.82 bits per heavy atom. The number of ether oxygens (including phenoxy) is 1. The van der Waals surface area contributed by atoms with Gasteiger partial charge in [0.25, 0.3) is 11.5 Å². The summed E-state index contributed by atoms with van der Waals surface area (Å²) in [4.78, 5) is 57.0. The standard InChI is InChI=1S/C26H18N4O8/c1-38-17-7-3-4-13(11-17)21-20(22(31)14-5-2-6-16(10-14)30(36)37)23(32)24(33)29(21)26-27-18-9-8-15(25(34)35)12-19(18)28-26/h2-12,21,31H,1H3,(H,27,28)(H,34,35)/b22-20+. The van der Waals surface area contributed by atoms with Crippen LogP contribution in [-0.2, 0) is 9.59 Å². The average Bonchev–Trinajstić information content (AvgIpc) is 3.45. The monoisotopic (exact) mass is 514 g/mol. The van der Waals surface area contributed by atoms with Crippen LogP contribution in [0.1, 0.15) is 27.5 Å². The van der Waals surface area contributed by atoms with Crippen molar-refractivity contribution in [2.24, 2.45) is 0 Å². The third-order valence-electron chi connectivity index (χ3n) is 6.13. The first-order chi connectivity index (χ1) is 18.2. The highest BCUT2D eigenvalue weighted by Crippen LogP contribution is 2.42. The van der Waals surface area contributed by atoms with E-state index in [0.29, 0.717) is 22.3 Å². The van der Waals surface area contributed by atoms with E-state index < -0.39 is 34.4 Å². The number of H-pyrrole nitrogens is 1. The Kier molecular flexibility index (Phi) is 5.84. The van der Waals surface area contributed by atoms with Gasteiger partial charge in [0.1, 0.15) is 11.5 Å². The molecule has 1 aliphatic rings. The first kappa shape index (κ1) is 24.2. The molecule has 12 heteroatoms. The molecule has 1 atom stereocenters. The molecule has 0 spiro atoms. The largest absolute Gasteiger partial charge is 0.507 e. The number of nitro benzene ring substituents is 1. The van der Waals surface area contributed by atoms with Gasteiger partial charge < -0.3 is 19.9 Å². The molecule has 2 heterocycles. The molecule has 5 rings (SSSR count). The summed E-state index contributed by atoms with van der Waals surface area (Å²) in [6.45, 7) is 0. The molecule has 0 saturated carbocycles. The first-order valence-corrected chi connectivity index (χ1v) is 11.1. The smallest absolute Gasteiger partial charge is 0.335 e. The lowest BCUT2D eigenvalue weighted by Crippen LogP contribution is -2.30. The van der Waals surface area contributed by atoms with E-state index in [0.717, 1.165) is 11.0 Å². The summed E-state index contributed by atoms with van der Waals surface area (Å²) >= 11 is 0. The predicted octanol–water partition coefficient (Wildman–Crippen LogP) is 3.80. The lowest BCUT2D eigenvalue weighted by atomic mass is 9.95. The quantitative estimate of drug-likeness (QED) is 0.114. The molecular weight excluding hydrogens is 496 g/mol. The topological polar surface area (TPSA) is 176 Å². The number of nitrogens with one attached hydrogen (secondary N) is 1. The minimum Gasteiger partial charge on any atom is -0.507 e. The summed E-state index contributed by atoms with van der Waals surface area (Å²) in [5.41, 5.74) is 0.385. The number of fused-ring (bicyclic) bond motifs is 1. The summed E-state index contributed by atoms with van der Waals surface area (Å²) in [5, 5.41) is 31.8. The molecule has 38 heavy (non-hydrogen) atoms. The average molecular weight is 514 g/mol. The third kappa shape index (κ3) is 3.99. The number of rotatable bonds is 6. The van der Waals surface area contributed by atoms with Gasteiger partial charge in [-0.3, -0.25) is 24.6 Å². The van der Waals surface area contributed by atoms with Gasteiger partial charge in [0.15, 0.2) is 0 Å². The number of benzene rings is 3. The number of nitrogens with zero attached hydrogens (tertiary/aromatic N) is 3. The number of non-ortho nitro benzene ring substituents is 1. The molecule has 0 aliphatic carbocycles. The number of anilines is 1. The van der Waals surface area contributed by atoms with Crippen molar-refractivity contribution in [3.05, 3.63) is 99.1 Å². The third-order valence-corrected chi connectivity index (χ3v) is 6.13. The van der Waals surface area contributed by atoms with Gasteiger partial charge in [-0.15, -0.1) is 0 Å². The number of aromatic carboxylic acids is 1. The van der Waals surface area contributed by atoms with Gasteiger partial charge in [0.05, 0.1) is 40.2 Å². The van der Waals surface area contributed by atoms with Crippen LogP contribution < -0.4 is 9.64 Å². The van der Waals surface area contributed by atoms with E-state index in [2.05, 4.69) is 9.97 Å². The SMILES string of the molecule is COc1cccc(C2/C(=C(\O)c3cccc([N+](=O)[O-])c3)C(=O)C(=O)N2c2nc3ccc(C(=O)O)cc3[nH]2)c1. The molecule has 190 valence electrons. The molecule has 0 bridgehead atoms. The van der Waals surface area contributed by atoms with Crippen molar-refractivity contribution >= 4 is 46.1 Å². The Balaban J connectivity index is 1.73. The molecule has 1 aliphatic heterocycles. The van der Waals surface area contributed by atoms with E-state index >= 15 is 0 Å². The fourth-order valence-corrected chi connectivity index (χ4v) is 4.34. The molecule has 1 aromatic heterocycles. The second kappa shape index (κ2) is 9.17. The molecule has 0 radical (unpaired) electrons. The van der Waals surface area contributed by atoms with E-state index in [4.69, 9.17) is 4.74 Å². The molecule has 3 aromatic carbocycles. The van der Waals surface area contributed by atoms with Crippen LogP contribution in [0.15, 0.2) is 72.3 Å². The zero-order chi connectivity index (χ0) is 27.1. The van der Waals surface area contributed by atoms with E-state index in [-0.39, 0.29) is 28.3 Å². The Hall–Kier alpha value is -5.52. The van der Waals surface area contributed by atoms with Gasteiger partial charge in [0, 0.05) is 17.7 Å². The van der Waals surface area contributed by atoms with Crippen molar-refractivity contribution in [2.75, 3.05) is 12.0 Å². The highest BCUT2D eigenvalue weighted by Gasteiger charge is 2.48. The van der Waals surface area contributed by atoms with E-state index in [1.807, 2.05) is 0 Å². The minimum absolute atomic E-state index is 0.00947. The van der Waals surface area contributed by atoms with Crippen LogP contribution in [-0.4, -0.2) is 49.9 Å². The number of aromatic amines is 1. The number of methoxy groups -OCH3 is 1. The molecule has 1 unspecified atom stereocenters. The number of aliphatic hydroxyl groups excluding tert-OH is 1. The van der Waals surface area contributed by atoms with Crippen LogP contribution in [0.4, 0.5) is 11.6 Å². The van der Waals surface area contributed by atoms with Gasteiger partial charge >= 0.3 is 11.9 Å². The minimum atomic E-state index is -1.19. The molecule has 1 amide bonds. The maximum Gasteiger partial charge on any atom is 0.335 e. The van der Waals surface area contributed by atoms with Crippen LogP contribution in [0.5, 0.6) is 5.75 Å². The zero-order valence-electron chi connectivity index (χ0n) is 19.6. The van der Waals surface area contributed by atoms with Crippen LogP contribution >= 0.6 is 0 Å². The number of carboxylic acids is 1. The molecular formula is C26H18N4O8. The van der Waals surface area contributed by atoms with E-state index in [1.165, 1.54) is 43.5 Å². The summed E-state index contributed by atoms with van der Waals surface area (Å²) in [6, 6.07) is 14.5. The number of aromatic nitrogens is 2. The normalized spacial score (nSPS) is 16.7. The maximum atomic E-state index is 13.4. The molecule has 1 fully saturated rings. The van der Waals surface area contributed by atoms with Crippen molar-refractivity contribution in [1.29, 1.82) is 0 Å². The lowest BCUT2D eigenvalue weighted by molar-refractivity contribution is -0.384. The maximum absolute atomic E-state index is 13.4. The summed E-state index contributed by atoms with van der Waals surface area (Å²) in [5.74, 6) is -3.45. The van der Waals surface area contributed by atoms with Gasteiger partial charge in [-0.2, -0.15) is 0 Å². The first-order valence-electron chi connectivity index (χ1n) is 11.1. The van der Waals surface area contributed by atoms with Crippen molar-refractivity contribution in [3.8, 4) is 5.75 Å². The second-order valence-corrected chi connectivity index (χ2v) is 8.35. The zero-order valence-corrected chi connectivity index (χ0v) is 19.6. The number of nitro groups is 1. The number of imidazole rings is 1. The van der Waals surface area contributed by atoms with Crippen LogP contribution in [0, 0.1) is 10.1 Å². The summed E-state index contributed by atoms with van der Waals surface area (Å²) in [6.07, 6.45) is 0. The number of hydrogen-bond donors (Lipinski definition) is 3. The number of hydrogen-bond acceptors (Lipinski definition) is 8. The number of aliphatic hydroxyl groups is 1. The Bertz CT molecular complexity index is 1690. The lowest BCUT2D eigenvalue weighted by Gasteiger charge is -2.23. The summed E-state index contributed by atoms with van der Waals surface area (Å²) < 4.78 is 5.29. The van der Waals surface area contributed by atoms with E-state index in [1.54, 1.807) is 24.3 Å². The Morgan fingerprint density at radius 3 is 2.53 bits per heavy atom. The highest BCUT2D eigenvalue weighted by atomic mass is 16.6. The Morgan fingerprint density at radius 1 is 1.05 bits per heavy atom. The predicted molar refractivity (Wildman–Crippen MR) is 134 cm³/mol. The van der Waals surface area contributed by atoms with Crippen molar-refractivity contribution in [1.82, 2.24) is 9.97 Å². The highest BCUT2D eigenvalue weighted by molar-refractivity contribution is 6.51. The van der Waals surface area contributed by atoms with Crippen LogP contribution in [0.3, 0.4) is 0 Å². The van der Waals surface area contributed by atoms with Gasteiger partial charge in [-0.1, -0.05) is 24.3 Å². The fraction of sp³-hybridized carbons (Fsp3) is 0.0769. The number of amides is 1.